The van der Waals surface area contributed by atoms with Gasteiger partial charge in [0.15, 0.2) is 11.7 Å². The summed E-state index contributed by atoms with van der Waals surface area (Å²) in [6.45, 7) is 3.31. The number of carbonyl (C=O) groups excluding carboxylic acids is 1. The van der Waals surface area contributed by atoms with Crippen molar-refractivity contribution in [1.29, 1.82) is 0 Å². The number of pyridine rings is 1. The summed E-state index contributed by atoms with van der Waals surface area (Å²) < 4.78 is 46.9. The molecular formula is C19H16F3N3O2. The number of benzene rings is 1. The number of ether oxygens (including phenoxy) is 1. The summed E-state index contributed by atoms with van der Waals surface area (Å²) in [5, 5.41) is 2.82. The van der Waals surface area contributed by atoms with Gasteiger partial charge in [0.05, 0.1) is 12.2 Å². The number of aliphatic imine (C=N–C) groups is 1. The molecule has 0 fully saturated rings. The standard InChI is InChI=1S/C19H16F3N3O2/c1-3-27-19(26)15-10(2)24-18(17-13(21)5-4-8-23-17)25-16(15)12-7-6-11(20)9-14(12)22/h4-9,16H,3H2,1-2H3,(H,24,25). The number of hydrogen-bond acceptors (Lipinski definition) is 5. The van der Waals surface area contributed by atoms with E-state index in [0.717, 1.165) is 6.07 Å². The van der Waals surface area contributed by atoms with Gasteiger partial charge in [-0.05, 0) is 32.0 Å². The van der Waals surface area contributed by atoms with Gasteiger partial charge in [-0.2, -0.15) is 0 Å². The van der Waals surface area contributed by atoms with Gasteiger partial charge in [0.2, 0.25) is 0 Å². The first kappa shape index (κ1) is 18.6. The Morgan fingerprint density at radius 2 is 2.00 bits per heavy atom. The third kappa shape index (κ3) is 3.69. The number of hydrogen-bond donors (Lipinski definition) is 1. The zero-order valence-electron chi connectivity index (χ0n) is 14.6. The van der Waals surface area contributed by atoms with Crippen LogP contribution < -0.4 is 5.32 Å². The Balaban J connectivity index is 2.15. The first-order chi connectivity index (χ1) is 12.9. The molecule has 1 aliphatic rings. The van der Waals surface area contributed by atoms with E-state index in [1.54, 1.807) is 13.8 Å². The first-order valence-corrected chi connectivity index (χ1v) is 8.21. The molecule has 2 heterocycles. The lowest BCUT2D eigenvalue weighted by Gasteiger charge is -2.26. The molecule has 8 heteroatoms. The minimum atomic E-state index is -1.14. The van der Waals surface area contributed by atoms with E-state index in [0.29, 0.717) is 11.8 Å². The maximum atomic E-state index is 14.4. The SMILES string of the molecule is CCOC(=O)C1=C(C)NC(c2ncccc2F)=NC1c1ccc(F)cc1F. The highest BCUT2D eigenvalue weighted by atomic mass is 19.1. The Morgan fingerprint density at radius 3 is 2.67 bits per heavy atom. The summed E-state index contributed by atoms with van der Waals surface area (Å²) in [5.41, 5.74) is 0.265. The highest BCUT2D eigenvalue weighted by Crippen LogP contribution is 2.34. The molecule has 1 unspecified atom stereocenters. The summed E-state index contributed by atoms with van der Waals surface area (Å²) in [6, 6.07) is 4.46. The predicted octanol–water partition coefficient (Wildman–Crippen LogP) is 3.43. The van der Waals surface area contributed by atoms with Gasteiger partial charge in [0.25, 0.3) is 0 Å². The summed E-state index contributed by atoms with van der Waals surface area (Å²) in [5.74, 6) is -2.92. The van der Waals surface area contributed by atoms with E-state index < -0.39 is 29.5 Å². The summed E-state index contributed by atoms with van der Waals surface area (Å²) in [7, 11) is 0. The van der Waals surface area contributed by atoms with Crippen molar-refractivity contribution in [3.8, 4) is 0 Å². The molecule has 0 saturated carbocycles. The van der Waals surface area contributed by atoms with Gasteiger partial charge in [-0.25, -0.2) is 22.9 Å². The fourth-order valence-electron chi connectivity index (χ4n) is 2.78. The number of nitrogens with one attached hydrogen (secondary N) is 1. The Morgan fingerprint density at radius 1 is 1.22 bits per heavy atom. The second-order valence-electron chi connectivity index (χ2n) is 5.76. The molecular weight excluding hydrogens is 359 g/mol. The van der Waals surface area contributed by atoms with Gasteiger partial charge in [-0.1, -0.05) is 6.07 Å². The highest BCUT2D eigenvalue weighted by molar-refractivity contribution is 6.02. The molecule has 1 aliphatic heterocycles. The summed E-state index contributed by atoms with van der Waals surface area (Å²) >= 11 is 0. The van der Waals surface area contributed by atoms with Crippen LogP contribution in [0.25, 0.3) is 0 Å². The van der Waals surface area contributed by atoms with Crippen molar-refractivity contribution in [1.82, 2.24) is 10.3 Å². The zero-order chi connectivity index (χ0) is 19.6. The highest BCUT2D eigenvalue weighted by Gasteiger charge is 2.33. The molecule has 140 valence electrons. The smallest absolute Gasteiger partial charge is 0.338 e. The van der Waals surface area contributed by atoms with Crippen LogP contribution in [0.15, 0.2) is 52.8 Å². The van der Waals surface area contributed by atoms with Crippen LogP contribution in [0.4, 0.5) is 13.2 Å². The lowest BCUT2D eigenvalue weighted by molar-refractivity contribution is -0.138. The average Bonchev–Trinajstić information content (AvgIpc) is 2.61. The van der Waals surface area contributed by atoms with Crippen LogP contribution in [-0.2, 0) is 9.53 Å². The molecule has 1 atom stereocenters. The summed E-state index contributed by atoms with van der Waals surface area (Å²) in [6.07, 6.45) is 1.38. The Hall–Kier alpha value is -3.16. The van der Waals surface area contributed by atoms with E-state index in [2.05, 4.69) is 15.3 Å². The second-order valence-corrected chi connectivity index (χ2v) is 5.76. The molecule has 2 aromatic rings. The van der Waals surface area contributed by atoms with Crippen molar-refractivity contribution in [3.05, 3.63) is 76.5 Å². The number of amidine groups is 1. The van der Waals surface area contributed by atoms with E-state index in [-0.39, 0.29) is 29.3 Å². The van der Waals surface area contributed by atoms with Crippen molar-refractivity contribution in [2.24, 2.45) is 4.99 Å². The van der Waals surface area contributed by atoms with Gasteiger partial charge in [0.1, 0.15) is 23.4 Å². The first-order valence-electron chi connectivity index (χ1n) is 8.21. The van der Waals surface area contributed by atoms with E-state index in [9.17, 15) is 18.0 Å². The van der Waals surface area contributed by atoms with Gasteiger partial charge >= 0.3 is 5.97 Å². The van der Waals surface area contributed by atoms with Crippen molar-refractivity contribution < 1.29 is 22.7 Å². The molecule has 0 amide bonds. The van der Waals surface area contributed by atoms with Crippen LogP contribution in [0.1, 0.15) is 31.1 Å². The number of rotatable bonds is 4. The maximum absolute atomic E-state index is 14.4. The predicted molar refractivity (Wildman–Crippen MR) is 92.3 cm³/mol. The molecule has 0 aliphatic carbocycles. The third-order valence-electron chi connectivity index (χ3n) is 3.98. The molecule has 27 heavy (non-hydrogen) atoms. The van der Waals surface area contributed by atoms with Crippen molar-refractivity contribution >= 4 is 11.8 Å². The Kier molecular flexibility index (Phi) is 5.25. The van der Waals surface area contributed by atoms with Crippen LogP contribution in [0.3, 0.4) is 0 Å². The Bertz CT molecular complexity index is 957. The molecule has 1 aromatic carbocycles. The minimum absolute atomic E-state index is 0.0332. The fourth-order valence-corrected chi connectivity index (χ4v) is 2.78. The lowest BCUT2D eigenvalue weighted by atomic mass is 9.95. The van der Waals surface area contributed by atoms with Crippen LogP contribution in [0, 0.1) is 17.5 Å². The van der Waals surface area contributed by atoms with Crippen molar-refractivity contribution in [2.45, 2.75) is 19.9 Å². The van der Waals surface area contributed by atoms with Crippen LogP contribution >= 0.6 is 0 Å². The average molecular weight is 375 g/mol. The van der Waals surface area contributed by atoms with E-state index >= 15 is 0 Å². The molecule has 3 rings (SSSR count). The largest absolute Gasteiger partial charge is 0.463 e. The second kappa shape index (κ2) is 7.61. The quantitative estimate of drug-likeness (QED) is 0.832. The summed E-state index contributed by atoms with van der Waals surface area (Å²) in [4.78, 5) is 20.6. The normalized spacial score (nSPS) is 16.6. The van der Waals surface area contributed by atoms with Crippen LogP contribution in [0.5, 0.6) is 0 Å². The molecule has 5 nitrogen and oxygen atoms in total. The fraction of sp³-hybridized carbons (Fsp3) is 0.211. The van der Waals surface area contributed by atoms with E-state index in [1.165, 1.54) is 24.4 Å². The minimum Gasteiger partial charge on any atom is -0.463 e. The van der Waals surface area contributed by atoms with E-state index in [4.69, 9.17) is 4.74 Å². The van der Waals surface area contributed by atoms with Gasteiger partial charge in [-0.3, -0.25) is 4.99 Å². The maximum Gasteiger partial charge on any atom is 0.338 e. The van der Waals surface area contributed by atoms with Crippen LogP contribution in [-0.4, -0.2) is 23.4 Å². The molecule has 1 N–H and O–H groups in total. The number of esters is 1. The molecule has 0 bridgehead atoms. The number of nitrogens with zero attached hydrogens (tertiary/aromatic N) is 2. The topological polar surface area (TPSA) is 63.6 Å². The number of aromatic nitrogens is 1. The third-order valence-corrected chi connectivity index (χ3v) is 3.98. The molecule has 1 aromatic heterocycles. The monoisotopic (exact) mass is 375 g/mol. The molecule has 0 saturated heterocycles. The number of halogens is 3. The number of allylic oxidation sites excluding steroid dienone is 1. The molecule has 0 spiro atoms. The number of carbonyl (C=O) groups is 1. The zero-order valence-corrected chi connectivity index (χ0v) is 14.6. The van der Waals surface area contributed by atoms with E-state index in [1.807, 2.05) is 0 Å². The Labute approximate surface area is 153 Å². The van der Waals surface area contributed by atoms with Gasteiger partial charge in [-0.15, -0.1) is 0 Å². The van der Waals surface area contributed by atoms with Crippen molar-refractivity contribution in [3.63, 3.8) is 0 Å². The van der Waals surface area contributed by atoms with Crippen molar-refractivity contribution in [2.75, 3.05) is 6.61 Å². The molecule has 0 radical (unpaired) electrons. The van der Waals surface area contributed by atoms with Gasteiger partial charge in [0, 0.05) is 23.5 Å². The van der Waals surface area contributed by atoms with Crippen LogP contribution in [0.2, 0.25) is 0 Å². The van der Waals surface area contributed by atoms with Gasteiger partial charge < -0.3 is 10.1 Å². The lowest BCUT2D eigenvalue weighted by Crippen LogP contribution is -2.34.